The van der Waals surface area contributed by atoms with E-state index in [2.05, 4.69) is 6.07 Å². The van der Waals surface area contributed by atoms with Crippen LogP contribution < -0.4 is 0 Å². The average molecular weight is 213 g/mol. The largest absolute Gasteiger partial charge is 0.507 e. The van der Waals surface area contributed by atoms with Crippen molar-refractivity contribution in [2.75, 3.05) is 0 Å². The van der Waals surface area contributed by atoms with Gasteiger partial charge >= 0.3 is 0 Å². The summed E-state index contributed by atoms with van der Waals surface area (Å²) in [6.07, 6.45) is 4.15. The summed E-state index contributed by atoms with van der Waals surface area (Å²) in [6.45, 7) is 0. The Balaban J connectivity index is 2.42. The highest BCUT2D eigenvalue weighted by Gasteiger charge is 2.21. The number of fused-ring (bicyclic) bond motifs is 3. The maximum atomic E-state index is 9.66. The lowest BCUT2D eigenvalue weighted by atomic mass is 9.94. The van der Waals surface area contributed by atoms with Gasteiger partial charge in [-0.05, 0) is 31.4 Å². The maximum Gasteiger partial charge on any atom is 0.136 e. The van der Waals surface area contributed by atoms with Gasteiger partial charge in [0.1, 0.15) is 28.7 Å². The number of nitrogens with zero attached hydrogens (tertiary/aromatic N) is 1. The number of nitriles is 1. The van der Waals surface area contributed by atoms with Gasteiger partial charge in [-0.1, -0.05) is 0 Å². The van der Waals surface area contributed by atoms with Crippen LogP contribution in [-0.4, -0.2) is 5.11 Å². The van der Waals surface area contributed by atoms with E-state index in [1.165, 1.54) is 6.07 Å². The Morgan fingerprint density at radius 2 is 2.06 bits per heavy atom. The minimum absolute atomic E-state index is 0.0455. The van der Waals surface area contributed by atoms with Crippen molar-refractivity contribution in [3.05, 3.63) is 29.0 Å². The molecule has 1 aromatic heterocycles. The molecule has 0 saturated carbocycles. The number of hydrogen-bond donors (Lipinski definition) is 1. The molecule has 3 heteroatoms. The summed E-state index contributed by atoms with van der Waals surface area (Å²) < 4.78 is 5.73. The van der Waals surface area contributed by atoms with Gasteiger partial charge in [0.15, 0.2) is 0 Å². The zero-order chi connectivity index (χ0) is 11.1. The predicted octanol–water partition coefficient (Wildman–Crippen LogP) is 2.89. The van der Waals surface area contributed by atoms with E-state index in [1.807, 2.05) is 0 Å². The van der Waals surface area contributed by atoms with E-state index in [0.29, 0.717) is 5.56 Å². The lowest BCUT2D eigenvalue weighted by Gasteiger charge is -2.09. The second-order valence-corrected chi connectivity index (χ2v) is 4.16. The van der Waals surface area contributed by atoms with Gasteiger partial charge in [0, 0.05) is 17.4 Å². The van der Waals surface area contributed by atoms with Crippen molar-refractivity contribution >= 4 is 11.0 Å². The van der Waals surface area contributed by atoms with E-state index >= 15 is 0 Å². The first-order valence-corrected chi connectivity index (χ1v) is 5.47. The molecule has 0 aliphatic heterocycles. The highest BCUT2D eigenvalue weighted by atomic mass is 16.3. The number of aromatic hydroxyl groups is 1. The van der Waals surface area contributed by atoms with Crippen molar-refractivity contribution in [2.24, 2.45) is 0 Å². The lowest BCUT2D eigenvalue weighted by Crippen LogP contribution is -1.99. The smallest absolute Gasteiger partial charge is 0.136 e. The van der Waals surface area contributed by atoms with Gasteiger partial charge in [-0.2, -0.15) is 5.26 Å². The second-order valence-electron chi connectivity index (χ2n) is 4.16. The summed E-state index contributed by atoms with van der Waals surface area (Å²) in [5.41, 5.74) is 2.19. The Labute approximate surface area is 92.9 Å². The minimum atomic E-state index is 0.0455. The Bertz CT molecular complexity index is 604. The van der Waals surface area contributed by atoms with Crippen LogP contribution in [0.1, 0.15) is 29.7 Å². The topological polar surface area (TPSA) is 57.2 Å². The molecule has 0 spiro atoms. The van der Waals surface area contributed by atoms with Gasteiger partial charge in [0.05, 0.1) is 0 Å². The number of hydrogen-bond acceptors (Lipinski definition) is 3. The second kappa shape index (κ2) is 3.28. The van der Waals surface area contributed by atoms with Crippen LogP contribution in [0.2, 0.25) is 0 Å². The fourth-order valence-corrected chi connectivity index (χ4v) is 2.46. The zero-order valence-corrected chi connectivity index (χ0v) is 8.79. The summed E-state index contributed by atoms with van der Waals surface area (Å²) in [5.74, 6) is 1.03. The summed E-state index contributed by atoms with van der Waals surface area (Å²) in [5, 5.41) is 19.6. The maximum absolute atomic E-state index is 9.66. The first-order chi connectivity index (χ1) is 7.81. The summed E-state index contributed by atoms with van der Waals surface area (Å²) in [4.78, 5) is 0. The summed E-state index contributed by atoms with van der Waals surface area (Å²) in [7, 11) is 0. The van der Waals surface area contributed by atoms with Crippen molar-refractivity contribution in [3.63, 3.8) is 0 Å². The van der Waals surface area contributed by atoms with Crippen LogP contribution in [0.25, 0.3) is 11.0 Å². The standard InChI is InChI=1S/C13H11NO2/c14-7-9-10(15)5-6-12-13(9)8-3-1-2-4-11(8)16-12/h5-6,15H,1-4H2. The van der Waals surface area contributed by atoms with Crippen LogP contribution in [0.5, 0.6) is 5.75 Å². The van der Waals surface area contributed by atoms with E-state index in [0.717, 1.165) is 48.0 Å². The molecule has 3 rings (SSSR count). The number of furan rings is 1. The molecule has 0 atom stereocenters. The van der Waals surface area contributed by atoms with Gasteiger partial charge < -0.3 is 9.52 Å². The molecule has 1 heterocycles. The Kier molecular flexibility index (Phi) is 1.90. The van der Waals surface area contributed by atoms with Crippen molar-refractivity contribution in [1.82, 2.24) is 0 Å². The Morgan fingerprint density at radius 1 is 1.25 bits per heavy atom. The van der Waals surface area contributed by atoms with Gasteiger partial charge in [-0.3, -0.25) is 0 Å². The van der Waals surface area contributed by atoms with Crippen LogP contribution >= 0.6 is 0 Å². The molecule has 0 fully saturated rings. The molecule has 2 aromatic rings. The molecular weight excluding hydrogens is 202 g/mol. The molecule has 0 amide bonds. The minimum Gasteiger partial charge on any atom is -0.507 e. The third-order valence-electron chi connectivity index (χ3n) is 3.21. The van der Waals surface area contributed by atoms with E-state index in [4.69, 9.17) is 9.68 Å². The van der Waals surface area contributed by atoms with Gasteiger partial charge in [0.25, 0.3) is 0 Å². The predicted molar refractivity (Wildman–Crippen MR) is 59.2 cm³/mol. The van der Waals surface area contributed by atoms with Crippen molar-refractivity contribution in [1.29, 1.82) is 5.26 Å². The first-order valence-electron chi connectivity index (χ1n) is 5.47. The van der Waals surface area contributed by atoms with Gasteiger partial charge in [-0.15, -0.1) is 0 Å². The van der Waals surface area contributed by atoms with Crippen molar-refractivity contribution in [2.45, 2.75) is 25.7 Å². The molecule has 16 heavy (non-hydrogen) atoms. The van der Waals surface area contributed by atoms with E-state index in [-0.39, 0.29) is 5.75 Å². The van der Waals surface area contributed by atoms with Gasteiger partial charge in [-0.25, -0.2) is 0 Å². The lowest BCUT2D eigenvalue weighted by molar-refractivity contribution is 0.474. The monoisotopic (exact) mass is 213 g/mol. The molecule has 1 N–H and O–H groups in total. The summed E-state index contributed by atoms with van der Waals surface area (Å²) >= 11 is 0. The number of phenolic OH excluding ortho intramolecular Hbond substituents is 1. The fourth-order valence-electron chi connectivity index (χ4n) is 2.46. The normalized spacial score (nSPS) is 14.7. The molecule has 0 radical (unpaired) electrons. The molecule has 1 aliphatic carbocycles. The molecule has 1 aliphatic rings. The SMILES string of the molecule is N#Cc1c(O)ccc2oc3c(c12)CCCC3. The molecule has 80 valence electrons. The van der Waals surface area contributed by atoms with Crippen LogP contribution in [0, 0.1) is 11.3 Å². The third-order valence-corrected chi connectivity index (χ3v) is 3.21. The third kappa shape index (κ3) is 1.13. The zero-order valence-electron chi connectivity index (χ0n) is 8.79. The molecule has 0 saturated heterocycles. The molecule has 0 unspecified atom stereocenters. The highest BCUT2D eigenvalue weighted by molar-refractivity contribution is 5.90. The van der Waals surface area contributed by atoms with Crippen LogP contribution in [0.3, 0.4) is 0 Å². The summed E-state index contributed by atoms with van der Waals surface area (Å²) in [6, 6.07) is 5.33. The number of rotatable bonds is 0. The van der Waals surface area contributed by atoms with Crippen molar-refractivity contribution < 1.29 is 9.52 Å². The van der Waals surface area contributed by atoms with Crippen LogP contribution in [0.15, 0.2) is 16.5 Å². The van der Waals surface area contributed by atoms with Crippen LogP contribution in [-0.2, 0) is 12.8 Å². The van der Waals surface area contributed by atoms with Crippen LogP contribution in [0.4, 0.5) is 0 Å². The van der Waals surface area contributed by atoms with E-state index in [1.54, 1.807) is 6.07 Å². The molecule has 1 aromatic carbocycles. The van der Waals surface area contributed by atoms with E-state index in [9.17, 15) is 5.11 Å². The Hall–Kier alpha value is -1.95. The van der Waals surface area contributed by atoms with E-state index < -0.39 is 0 Å². The highest BCUT2D eigenvalue weighted by Crippen LogP contribution is 2.36. The van der Waals surface area contributed by atoms with Crippen molar-refractivity contribution in [3.8, 4) is 11.8 Å². The number of aryl methyl sites for hydroxylation is 2. The number of benzene rings is 1. The first kappa shape index (κ1) is 9.29. The fraction of sp³-hybridized carbons (Fsp3) is 0.308. The number of phenols is 1. The molecular formula is C13H11NO2. The quantitative estimate of drug-likeness (QED) is 0.732. The molecule has 3 nitrogen and oxygen atoms in total. The van der Waals surface area contributed by atoms with Gasteiger partial charge in [0.2, 0.25) is 0 Å². The Morgan fingerprint density at radius 3 is 2.88 bits per heavy atom. The molecule has 0 bridgehead atoms. The average Bonchev–Trinajstić information content (AvgIpc) is 2.68.